The molecule has 0 aromatic heterocycles. The predicted molar refractivity (Wildman–Crippen MR) is 335 cm³/mol. The van der Waals surface area contributed by atoms with Gasteiger partial charge in [0, 0.05) is 31.9 Å². The molecule has 0 heterocycles. The van der Waals surface area contributed by atoms with E-state index in [4.69, 9.17) is 33.2 Å². The number of amides is 1. The molecule has 4 atom stereocenters. The third-order valence-electron chi connectivity index (χ3n) is 14.9. The minimum Gasteiger partial charge on any atom is -0.463 e. The normalized spacial score (nSPS) is 13.4. The fourth-order valence-corrected chi connectivity index (χ4v) is 9.66. The smallest absolute Gasteiger partial charge is 0.308 e. The van der Waals surface area contributed by atoms with Crippen molar-refractivity contribution in [3.8, 4) is 0 Å². The second-order valence-corrected chi connectivity index (χ2v) is 24.3. The van der Waals surface area contributed by atoms with Crippen LogP contribution in [0.4, 0.5) is 4.79 Å². The Hall–Kier alpha value is -6.07. The van der Waals surface area contributed by atoms with Crippen molar-refractivity contribution in [2.24, 2.45) is 23.7 Å². The summed E-state index contributed by atoms with van der Waals surface area (Å²) in [6.45, 7) is 16.3. The molecule has 0 aliphatic rings. The van der Waals surface area contributed by atoms with Crippen molar-refractivity contribution < 1.29 is 61.9 Å². The number of esters is 5. The van der Waals surface area contributed by atoms with Crippen molar-refractivity contribution in [1.29, 1.82) is 0 Å². The summed E-state index contributed by atoms with van der Waals surface area (Å²) in [5, 5.41) is -0.0954. The van der Waals surface area contributed by atoms with Crippen LogP contribution in [0.2, 0.25) is 0 Å². The van der Waals surface area contributed by atoms with Gasteiger partial charge in [-0.15, -0.1) is 0 Å². The quantitative estimate of drug-likeness (QED) is 0.0178. The summed E-state index contributed by atoms with van der Waals surface area (Å²) < 4.78 is 40.5. The lowest BCUT2D eigenvalue weighted by Crippen LogP contribution is -2.33. The molecular weight excluding hydrogens is 1100 g/mol. The van der Waals surface area contributed by atoms with E-state index in [2.05, 4.69) is 53.4 Å². The predicted octanol–water partition coefficient (Wildman–Crippen LogP) is 12.4. The summed E-state index contributed by atoms with van der Waals surface area (Å²) in [7, 11) is 3.98. The number of unbranched alkanes of at least 4 members (excludes halogenated alkanes) is 1. The van der Waals surface area contributed by atoms with Crippen LogP contribution in [0.1, 0.15) is 130 Å². The number of nitrogens with zero attached hydrogens (tertiary/aromatic N) is 2. The number of hydrogen-bond acceptors (Lipinski definition) is 15. The van der Waals surface area contributed by atoms with Gasteiger partial charge in [0.15, 0.2) is 6.10 Å². The fourth-order valence-electron chi connectivity index (χ4n) is 8.85. The molecule has 468 valence electrons. The van der Waals surface area contributed by atoms with E-state index in [9.17, 15) is 28.8 Å². The molecule has 0 bridgehead atoms. The average Bonchev–Trinajstić information content (AvgIpc) is 3.55. The summed E-state index contributed by atoms with van der Waals surface area (Å²) in [5.74, 6) is -3.10. The van der Waals surface area contributed by atoms with E-state index >= 15 is 0 Å². The number of carbonyl (C=O) groups excluding carboxylic acids is 6. The molecule has 85 heavy (non-hydrogen) atoms. The lowest BCUT2D eigenvalue weighted by molar-refractivity contribution is -0.169. The zero-order valence-electron chi connectivity index (χ0n) is 52.6. The molecule has 4 aromatic carbocycles. The van der Waals surface area contributed by atoms with Crippen molar-refractivity contribution >= 4 is 46.8 Å². The van der Waals surface area contributed by atoms with Crippen LogP contribution in [0.25, 0.3) is 0 Å². The van der Waals surface area contributed by atoms with E-state index in [0.717, 1.165) is 59.2 Å². The van der Waals surface area contributed by atoms with Gasteiger partial charge in [0.25, 0.3) is 5.24 Å². The highest BCUT2D eigenvalue weighted by atomic mass is 32.2. The van der Waals surface area contributed by atoms with Gasteiger partial charge in [-0.25, -0.2) is 0 Å². The molecule has 4 rings (SSSR count). The monoisotopic (exact) mass is 1190 g/mol. The molecule has 0 aliphatic carbocycles. The standard InChI is InChI=1S/C69H98N2O13S/c1-50-16-28-58(29-17-50)36-24-54(5)65(73)79-45-62(46-80-66(74)55(6)25-37-59-30-18-51(2)19-31-59)83-49-78-43-12-11-41-71(69(77)85-44-14-40-70(9)10)42-13-15-64(72)84-63(47-81-67(75)56(7)26-38-60-32-20-52(3)21-33-60)48-82-68(76)57(8)27-39-61-34-22-53(4)23-35-61/h16-23,28-35,54-57,62-63H,11-15,24-27,36-49H2,1-10H3. The molecule has 4 aromatic rings. The number of aryl methyl sites for hydroxylation is 8. The summed E-state index contributed by atoms with van der Waals surface area (Å²) >= 11 is 1.24. The molecule has 0 aliphatic heterocycles. The third kappa shape index (κ3) is 30.7. The van der Waals surface area contributed by atoms with E-state index in [1.54, 1.807) is 18.7 Å². The van der Waals surface area contributed by atoms with E-state index in [0.29, 0.717) is 83.2 Å². The van der Waals surface area contributed by atoms with Crippen LogP contribution in [-0.4, -0.2) is 136 Å². The number of hydrogen-bond donors (Lipinski definition) is 0. The van der Waals surface area contributed by atoms with Crippen LogP contribution < -0.4 is 0 Å². The number of thioether (sulfide) groups is 1. The zero-order valence-corrected chi connectivity index (χ0v) is 53.4. The maximum Gasteiger partial charge on any atom is 0.308 e. The van der Waals surface area contributed by atoms with Gasteiger partial charge < -0.3 is 43.0 Å². The van der Waals surface area contributed by atoms with Gasteiger partial charge in [-0.05, 0) is 148 Å². The van der Waals surface area contributed by atoms with E-state index in [1.807, 2.05) is 104 Å². The summed E-state index contributed by atoms with van der Waals surface area (Å²) in [5.41, 5.74) is 9.18. The van der Waals surface area contributed by atoms with Crippen molar-refractivity contribution in [3.63, 3.8) is 0 Å². The number of ether oxygens (including phenoxy) is 7. The maximum absolute atomic E-state index is 13.6. The molecule has 4 unspecified atom stereocenters. The van der Waals surface area contributed by atoms with Crippen LogP contribution >= 0.6 is 11.8 Å². The average molecular weight is 1200 g/mol. The lowest BCUT2D eigenvalue weighted by Gasteiger charge is -2.23. The third-order valence-corrected chi connectivity index (χ3v) is 15.9. The van der Waals surface area contributed by atoms with Crippen LogP contribution in [0.15, 0.2) is 97.1 Å². The van der Waals surface area contributed by atoms with Crippen molar-refractivity contribution in [2.75, 3.05) is 79.3 Å². The molecule has 0 fully saturated rings. The largest absolute Gasteiger partial charge is 0.463 e. The maximum atomic E-state index is 13.6. The molecule has 15 nitrogen and oxygen atoms in total. The highest BCUT2D eigenvalue weighted by Gasteiger charge is 2.26. The Morgan fingerprint density at radius 3 is 1.16 bits per heavy atom. The second-order valence-electron chi connectivity index (χ2n) is 23.2. The summed E-state index contributed by atoms with van der Waals surface area (Å²) in [6, 6.07) is 32.8. The van der Waals surface area contributed by atoms with E-state index in [1.165, 1.54) is 22.9 Å². The van der Waals surface area contributed by atoms with E-state index < -0.39 is 42.0 Å². The van der Waals surface area contributed by atoms with Gasteiger partial charge in [-0.1, -0.05) is 159 Å². The topological polar surface area (TPSA) is 174 Å². The second kappa shape index (κ2) is 40.3. The minimum absolute atomic E-state index is 0.0295. The van der Waals surface area contributed by atoms with Crippen molar-refractivity contribution in [2.45, 2.75) is 151 Å². The summed E-state index contributed by atoms with van der Waals surface area (Å²) in [4.78, 5) is 83.6. The van der Waals surface area contributed by atoms with Gasteiger partial charge in [-0.2, -0.15) is 0 Å². The molecule has 0 radical (unpaired) electrons. The van der Waals surface area contributed by atoms with Gasteiger partial charge in [0.05, 0.1) is 23.7 Å². The number of rotatable bonds is 41. The highest BCUT2D eigenvalue weighted by molar-refractivity contribution is 8.13. The Kier molecular flexibility index (Phi) is 33.9. The summed E-state index contributed by atoms with van der Waals surface area (Å²) in [6.07, 6.45) is 5.68. The van der Waals surface area contributed by atoms with Gasteiger partial charge in [0.2, 0.25) is 0 Å². The van der Waals surface area contributed by atoms with Crippen molar-refractivity contribution in [3.05, 3.63) is 142 Å². The van der Waals surface area contributed by atoms with Crippen LogP contribution in [0.5, 0.6) is 0 Å². The molecule has 0 N–H and O–H groups in total. The fraction of sp³-hybridized carbons (Fsp3) is 0.565. The minimum atomic E-state index is -1.03. The number of benzene rings is 4. The first kappa shape index (κ1) is 71.4. The zero-order chi connectivity index (χ0) is 61.9. The first-order valence-corrected chi connectivity index (χ1v) is 31.6. The van der Waals surface area contributed by atoms with Crippen LogP contribution in [0, 0.1) is 51.4 Å². The lowest BCUT2D eigenvalue weighted by atomic mass is 10.0. The number of carbonyl (C=O) groups is 6. The van der Waals surface area contributed by atoms with Crippen LogP contribution in [0.3, 0.4) is 0 Å². The Labute approximate surface area is 511 Å². The van der Waals surface area contributed by atoms with Gasteiger partial charge in [-0.3, -0.25) is 28.8 Å². The van der Waals surface area contributed by atoms with Crippen molar-refractivity contribution in [1.82, 2.24) is 9.80 Å². The Morgan fingerprint density at radius 1 is 0.447 bits per heavy atom. The first-order chi connectivity index (χ1) is 40.7. The van der Waals surface area contributed by atoms with Crippen LogP contribution in [-0.2, 0) is 82.8 Å². The molecule has 0 saturated carbocycles. The Morgan fingerprint density at radius 2 is 0.800 bits per heavy atom. The SMILES string of the molecule is Cc1ccc(CCC(C)C(=O)OCC(COC(=O)C(C)CCc2ccc(C)cc2)OCOCCCCN(CCCC(=O)OC(COC(=O)C(C)CCc2ccc(C)cc2)COC(=O)C(C)CCc2ccc(C)cc2)C(=O)SCCCN(C)C)cc1. The van der Waals surface area contributed by atoms with Gasteiger partial charge >= 0.3 is 29.8 Å². The Bertz CT molecular complexity index is 2430. The Balaban J connectivity index is 1.29. The van der Waals surface area contributed by atoms with Gasteiger partial charge in [0.1, 0.15) is 39.3 Å². The molecule has 0 spiro atoms. The van der Waals surface area contributed by atoms with E-state index in [-0.39, 0.29) is 68.7 Å². The molecular formula is C69H98N2O13S. The molecule has 16 heteroatoms. The molecule has 1 amide bonds. The molecule has 0 saturated heterocycles. The first-order valence-electron chi connectivity index (χ1n) is 30.6. The highest BCUT2D eigenvalue weighted by Crippen LogP contribution is 2.19.